The van der Waals surface area contributed by atoms with Gasteiger partial charge in [-0.25, -0.2) is 4.98 Å². The fraction of sp³-hybridized carbons (Fsp3) is 0.500. The summed E-state index contributed by atoms with van der Waals surface area (Å²) in [5.41, 5.74) is 2.10. The number of carbonyl (C=O) groups excluding carboxylic acids is 1. The van der Waals surface area contributed by atoms with Gasteiger partial charge in [0.1, 0.15) is 0 Å². The number of carbonyl (C=O) groups is 1. The maximum Gasteiger partial charge on any atom is 0.306 e. The minimum absolute atomic E-state index is 0.0581. The molecule has 0 saturated carbocycles. The van der Waals surface area contributed by atoms with Gasteiger partial charge in [0.05, 0.1) is 22.9 Å². The lowest BCUT2D eigenvalue weighted by Gasteiger charge is -2.07. The molecule has 1 heterocycles. The molecule has 2 aromatic rings. The Morgan fingerprint density at radius 2 is 2.23 bits per heavy atom. The Kier molecular flexibility index (Phi) is 6.15. The van der Waals surface area contributed by atoms with Gasteiger partial charge < -0.3 is 14.8 Å². The maximum absolute atomic E-state index is 11.6. The molecule has 1 aromatic heterocycles. The van der Waals surface area contributed by atoms with Crippen molar-refractivity contribution in [3.8, 4) is 0 Å². The number of hydrogen-bond acceptors (Lipinski definition) is 6. The SMILES string of the molecule is COCCNc1nc2ccc(CCC(=O)OC(C)C)cc2s1. The van der Waals surface area contributed by atoms with E-state index in [0.717, 1.165) is 27.5 Å². The number of benzene rings is 1. The summed E-state index contributed by atoms with van der Waals surface area (Å²) >= 11 is 1.61. The third-order valence-corrected chi connectivity index (χ3v) is 4.00. The number of methoxy groups -OCH3 is 1. The zero-order valence-corrected chi connectivity index (χ0v) is 14.0. The number of esters is 1. The van der Waals surface area contributed by atoms with Crippen LogP contribution in [-0.4, -0.2) is 37.3 Å². The third kappa shape index (κ3) is 4.96. The van der Waals surface area contributed by atoms with Gasteiger partial charge in [0.15, 0.2) is 5.13 Å². The minimum Gasteiger partial charge on any atom is -0.463 e. The molecule has 0 radical (unpaired) electrons. The summed E-state index contributed by atoms with van der Waals surface area (Å²) in [6, 6.07) is 6.11. The number of thiazole rings is 1. The second-order valence-corrected chi connectivity index (χ2v) is 6.31. The van der Waals surface area contributed by atoms with E-state index >= 15 is 0 Å². The zero-order chi connectivity index (χ0) is 15.9. The molecule has 2 rings (SSSR count). The maximum atomic E-state index is 11.6. The van der Waals surface area contributed by atoms with Crippen LogP contribution in [0.15, 0.2) is 18.2 Å². The van der Waals surface area contributed by atoms with Crippen molar-refractivity contribution in [2.75, 3.05) is 25.6 Å². The summed E-state index contributed by atoms with van der Waals surface area (Å²) < 4.78 is 11.3. The Bertz CT molecular complexity index is 625. The van der Waals surface area contributed by atoms with E-state index < -0.39 is 0 Å². The first-order valence-electron chi connectivity index (χ1n) is 7.40. The third-order valence-electron chi connectivity index (χ3n) is 3.02. The minimum atomic E-state index is -0.152. The second kappa shape index (κ2) is 8.10. The van der Waals surface area contributed by atoms with Gasteiger partial charge in [-0.05, 0) is 38.0 Å². The molecule has 0 bridgehead atoms. The van der Waals surface area contributed by atoms with Crippen molar-refractivity contribution in [2.45, 2.75) is 32.8 Å². The highest BCUT2D eigenvalue weighted by Gasteiger charge is 2.08. The Labute approximate surface area is 134 Å². The molecule has 1 aromatic carbocycles. The monoisotopic (exact) mass is 322 g/mol. The number of aromatic nitrogens is 1. The van der Waals surface area contributed by atoms with E-state index in [1.165, 1.54) is 0 Å². The molecule has 0 aliphatic rings. The summed E-state index contributed by atoms with van der Waals surface area (Å²) in [6.07, 6.45) is 1.03. The lowest BCUT2D eigenvalue weighted by molar-refractivity contribution is -0.147. The van der Waals surface area contributed by atoms with Crippen LogP contribution in [0.3, 0.4) is 0 Å². The van der Waals surface area contributed by atoms with Crippen molar-refractivity contribution in [1.82, 2.24) is 4.98 Å². The number of rotatable bonds is 8. The van der Waals surface area contributed by atoms with Gasteiger partial charge in [-0.3, -0.25) is 4.79 Å². The molecule has 22 heavy (non-hydrogen) atoms. The van der Waals surface area contributed by atoms with Crippen molar-refractivity contribution in [1.29, 1.82) is 0 Å². The summed E-state index contributed by atoms with van der Waals surface area (Å²) in [7, 11) is 1.68. The zero-order valence-electron chi connectivity index (χ0n) is 13.2. The predicted octanol–water partition coefficient (Wildman–Crippen LogP) is 3.24. The molecule has 6 heteroatoms. The highest BCUT2D eigenvalue weighted by molar-refractivity contribution is 7.22. The van der Waals surface area contributed by atoms with Crippen molar-refractivity contribution in [2.24, 2.45) is 0 Å². The van der Waals surface area contributed by atoms with Crippen LogP contribution in [0.1, 0.15) is 25.8 Å². The smallest absolute Gasteiger partial charge is 0.306 e. The van der Waals surface area contributed by atoms with Crippen LogP contribution in [-0.2, 0) is 20.7 Å². The average molecular weight is 322 g/mol. The number of aryl methyl sites for hydroxylation is 1. The number of hydrogen-bond donors (Lipinski definition) is 1. The van der Waals surface area contributed by atoms with Crippen molar-refractivity contribution >= 4 is 32.7 Å². The largest absolute Gasteiger partial charge is 0.463 e. The summed E-state index contributed by atoms with van der Waals surface area (Å²) in [5.74, 6) is -0.152. The first kappa shape index (κ1) is 16.7. The van der Waals surface area contributed by atoms with Crippen LogP contribution in [0.25, 0.3) is 10.2 Å². The van der Waals surface area contributed by atoms with E-state index in [1.54, 1.807) is 18.4 Å². The Morgan fingerprint density at radius 1 is 1.41 bits per heavy atom. The Balaban J connectivity index is 1.96. The summed E-state index contributed by atoms with van der Waals surface area (Å²) in [5, 5.41) is 4.13. The van der Waals surface area contributed by atoms with Gasteiger partial charge in [-0.15, -0.1) is 0 Å². The van der Waals surface area contributed by atoms with E-state index in [1.807, 2.05) is 26.0 Å². The normalized spacial score (nSPS) is 11.1. The van der Waals surface area contributed by atoms with Crippen LogP contribution >= 0.6 is 11.3 Å². The lowest BCUT2D eigenvalue weighted by Crippen LogP contribution is -2.11. The van der Waals surface area contributed by atoms with Crippen LogP contribution in [0.2, 0.25) is 0 Å². The first-order valence-corrected chi connectivity index (χ1v) is 8.22. The van der Waals surface area contributed by atoms with Gasteiger partial charge in [0.2, 0.25) is 0 Å². The molecule has 0 saturated heterocycles. The molecular weight excluding hydrogens is 300 g/mol. The molecule has 0 atom stereocenters. The van der Waals surface area contributed by atoms with Gasteiger partial charge in [0.25, 0.3) is 0 Å². The second-order valence-electron chi connectivity index (χ2n) is 5.28. The molecule has 0 amide bonds. The molecule has 120 valence electrons. The van der Waals surface area contributed by atoms with Gasteiger partial charge in [-0.1, -0.05) is 17.4 Å². The van der Waals surface area contributed by atoms with Gasteiger partial charge in [0, 0.05) is 20.1 Å². The molecule has 5 nitrogen and oxygen atoms in total. The summed E-state index contributed by atoms with van der Waals surface area (Å²) in [6.45, 7) is 5.11. The molecule has 0 aliphatic heterocycles. The number of anilines is 1. The van der Waals surface area contributed by atoms with Crippen molar-refractivity contribution in [3.63, 3.8) is 0 Å². The molecular formula is C16H22N2O3S. The quantitative estimate of drug-likeness (QED) is 0.597. The average Bonchev–Trinajstić information content (AvgIpc) is 2.86. The standard InChI is InChI=1S/C16H22N2O3S/c1-11(2)21-15(19)7-5-12-4-6-13-14(10-12)22-16(18-13)17-8-9-20-3/h4,6,10-11H,5,7-9H2,1-3H3,(H,17,18). The fourth-order valence-corrected chi connectivity index (χ4v) is 2.98. The molecule has 1 N–H and O–H groups in total. The van der Waals surface area contributed by atoms with E-state index in [4.69, 9.17) is 9.47 Å². The topological polar surface area (TPSA) is 60.5 Å². The van der Waals surface area contributed by atoms with E-state index in [0.29, 0.717) is 19.4 Å². The fourth-order valence-electron chi connectivity index (χ4n) is 2.03. The van der Waals surface area contributed by atoms with Crippen LogP contribution in [0.5, 0.6) is 0 Å². The van der Waals surface area contributed by atoms with Crippen LogP contribution < -0.4 is 5.32 Å². The Hall–Kier alpha value is -1.66. The predicted molar refractivity (Wildman–Crippen MR) is 89.5 cm³/mol. The number of ether oxygens (including phenoxy) is 2. The Morgan fingerprint density at radius 3 is 2.95 bits per heavy atom. The van der Waals surface area contributed by atoms with E-state index in [9.17, 15) is 4.79 Å². The molecule has 0 unspecified atom stereocenters. The van der Waals surface area contributed by atoms with Gasteiger partial charge in [-0.2, -0.15) is 0 Å². The molecule has 0 spiro atoms. The van der Waals surface area contributed by atoms with E-state index in [2.05, 4.69) is 16.4 Å². The highest BCUT2D eigenvalue weighted by atomic mass is 32.1. The highest BCUT2D eigenvalue weighted by Crippen LogP contribution is 2.27. The van der Waals surface area contributed by atoms with Crippen molar-refractivity contribution < 1.29 is 14.3 Å². The first-order chi connectivity index (χ1) is 10.6. The summed E-state index contributed by atoms with van der Waals surface area (Å²) in [4.78, 5) is 16.1. The van der Waals surface area contributed by atoms with Crippen LogP contribution in [0.4, 0.5) is 5.13 Å². The molecule has 0 aliphatic carbocycles. The van der Waals surface area contributed by atoms with Crippen molar-refractivity contribution in [3.05, 3.63) is 23.8 Å². The number of nitrogens with zero attached hydrogens (tertiary/aromatic N) is 1. The number of nitrogens with one attached hydrogen (secondary N) is 1. The van der Waals surface area contributed by atoms with Crippen LogP contribution in [0, 0.1) is 0 Å². The number of fused-ring (bicyclic) bond motifs is 1. The molecule has 0 fully saturated rings. The van der Waals surface area contributed by atoms with Gasteiger partial charge >= 0.3 is 5.97 Å². The lowest BCUT2D eigenvalue weighted by atomic mass is 10.1. The van der Waals surface area contributed by atoms with E-state index in [-0.39, 0.29) is 12.1 Å².